The van der Waals surface area contributed by atoms with Crippen LogP contribution < -0.4 is 15.2 Å². The minimum Gasteiger partial charge on any atom is -0.493 e. The number of Topliss-reactive ketones (excluding diaryl/α,β-unsaturated/α-hetero) is 1. The smallest absolute Gasteiger partial charge is 0.422 e. The van der Waals surface area contributed by atoms with Gasteiger partial charge in [-0.3, -0.25) is 4.79 Å². The van der Waals surface area contributed by atoms with Gasteiger partial charge in [-0.05, 0) is 87.6 Å². The molecule has 1 aromatic heterocycles. The van der Waals surface area contributed by atoms with Gasteiger partial charge in [0.05, 0.1) is 36.2 Å². The number of carbonyl (C=O) groups is 1. The lowest BCUT2D eigenvalue weighted by Gasteiger charge is -2.32. The molecule has 1 aliphatic carbocycles. The van der Waals surface area contributed by atoms with Gasteiger partial charge < -0.3 is 20.3 Å². The number of ketones is 1. The van der Waals surface area contributed by atoms with Crippen LogP contribution in [-0.2, 0) is 11.1 Å². The van der Waals surface area contributed by atoms with Gasteiger partial charge in [0.2, 0.25) is 5.60 Å². The van der Waals surface area contributed by atoms with Crippen molar-refractivity contribution in [3.8, 4) is 28.8 Å². The van der Waals surface area contributed by atoms with Crippen molar-refractivity contribution in [3.63, 3.8) is 0 Å². The molecule has 0 aliphatic heterocycles. The third kappa shape index (κ3) is 6.53. The molecular formula is C31H32F3N3O4. The van der Waals surface area contributed by atoms with E-state index in [0.29, 0.717) is 33.8 Å². The van der Waals surface area contributed by atoms with Crippen LogP contribution in [-0.4, -0.2) is 35.3 Å². The maximum Gasteiger partial charge on any atom is 0.422 e. The highest BCUT2D eigenvalue weighted by Gasteiger charge is 2.56. The molecule has 0 amide bonds. The molecule has 1 atom stereocenters. The number of carbonyl (C=O) groups excluding carboxylic acids is 1. The van der Waals surface area contributed by atoms with E-state index < -0.39 is 41.6 Å². The molecule has 1 aliphatic rings. The number of aliphatic hydroxyl groups is 1. The molecule has 1 saturated carbocycles. The molecular weight excluding hydrogens is 535 g/mol. The zero-order chi connectivity index (χ0) is 30.2. The van der Waals surface area contributed by atoms with Gasteiger partial charge in [0.25, 0.3) is 0 Å². The van der Waals surface area contributed by atoms with Crippen LogP contribution in [0, 0.1) is 18.3 Å². The number of nitriles is 1. The van der Waals surface area contributed by atoms with Crippen molar-refractivity contribution in [3.05, 3.63) is 76.5 Å². The van der Waals surface area contributed by atoms with Crippen LogP contribution in [0.25, 0.3) is 11.3 Å². The quantitative estimate of drug-likeness (QED) is 0.285. The number of methoxy groups -OCH3 is 1. The average Bonchev–Trinajstić information content (AvgIpc) is 3.74. The number of rotatable bonds is 10. The Hall–Kier alpha value is -3.94. The minimum absolute atomic E-state index is 0.0882. The van der Waals surface area contributed by atoms with Crippen molar-refractivity contribution in [1.82, 2.24) is 4.98 Å². The first kappa shape index (κ1) is 30.0. The van der Waals surface area contributed by atoms with Gasteiger partial charge in [0.15, 0.2) is 17.3 Å². The summed E-state index contributed by atoms with van der Waals surface area (Å²) in [6, 6.07) is 14.0. The summed E-state index contributed by atoms with van der Waals surface area (Å²) >= 11 is 0. The summed E-state index contributed by atoms with van der Waals surface area (Å²) in [5, 5.41) is 20.6. The maximum absolute atomic E-state index is 14.6. The Morgan fingerprint density at radius 2 is 1.83 bits per heavy atom. The van der Waals surface area contributed by atoms with E-state index in [9.17, 15) is 28.3 Å². The third-order valence-corrected chi connectivity index (χ3v) is 7.13. The number of benzene rings is 2. The zero-order valence-corrected chi connectivity index (χ0v) is 23.3. The highest BCUT2D eigenvalue weighted by Crippen LogP contribution is 2.44. The lowest BCUT2D eigenvalue weighted by molar-refractivity contribution is -0.270. The predicted octanol–water partition coefficient (Wildman–Crippen LogP) is 6.09. The number of nitrogens with zero attached hydrogens (tertiary/aromatic N) is 2. The lowest BCUT2D eigenvalue weighted by Crippen LogP contribution is -2.44. The standard InChI is InChI=1S/C31H32F3N3O4/c1-18-5-6-19(13-21(18)17-35)24-15-22(29(2,3)36)16-28(37-24)30(39,31(32,33)34)12-11-25(38)20-7-10-26(27(14-20)40-4)41-23-8-9-23/h5-7,10,13-16,23,39H,8-9,11-12,36H2,1-4H3. The molecule has 0 spiro atoms. The first-order chi connectivity index (χ1) is 19.2. The fraction of sp³-hybridized carbons (Fsp3) is 0.387. The molecule has 1 heterocycles. The minimum atomic E-state index is -5.17. The van der Waals surface area contributed by atoms with Crippen molar-refractivity contribution < 1.29 is 32.5 Å². The van der Waals surface area contributed by atoms with E-state index in [4.69, 9.17) is 15.2 Å². The highest BCUT2D eigenvalue weighted by atomic mass is 19.4. The van der Waals surface area contributed by atoms with E-state index in [0.717, 1.165) is 18.9 Å². The number of aromatic nitrogens is 1. The van der Waals surface area contributed by atoms with Gasteiger partial charge in [0.1, 0.15) is 0 Å². The lowest BCUT2D eigenvalue weighted by atomic mass is 9.86. The van der Waals surface area contributed by atoms with Crippen LogP contribution in [0.2, 0.25) is 0 Å². The SMILES string of the molecule is COc1cc(C(=O)CCC(O)(c2cc(C(C)(C)N)cc(-c3ccc(C)c(C#N)c3)n2)C(F)(F)F)ccc1OC1CC1. The van der Waals surface area contributed by atoms with Crippen LogP contribution in [0.1, 0.15) is 72.3 Å². The van der Waals surface area contributed by atoms with Crippen molar-refractivity contribution in [2.75, 3.05) is 7.11 Å². The predicted molar refractivity (Wildman–Crippen MR) is 146 cm³/mol. The number of hydrogen-bond donors (Lipinski definition) is 2. The Morgan fingerprint density at radius 1 is 1.12 bits per heavy atom. The topological polar surface area (TPSA) is 118 Å². The number of ether oxygens (including phenoxy) is 2. The zero-order valence-electron chi connectivity index (χ0n) is 23.3. The molecule has 1 fully saturated rings. The average molecular weight is 568 g/mol. The van der Waals surface area contributed by atoms with E-state index in [1.54, 1.807) is 39.0 Å². The van der Waals surface area contributed by atoms with E-state index >= 15 is 0 Å². The van der Waals surface area contributed by atoms with E-state index in [1.165, 1.54) is 31.4 Å². The first-order valence-corrected chi connectivity index (χ1v) is 13.2. The van der Waals surface area contributed by atoms with Crippen LogP contribution >= 0.6 is 0 Å². The fourth-order valence-electron chi connectivity index (χ4n) is 4.32. The molecule has 4 rings (SSSR count). The van der Waals surface area contributed by atoms with Crippen molar-refractivity contribution in [2.45, 2.75) is 69.9 Å². The molecule has 3 N–H and O–H groups in total. The maximum atomic E-state index is 14.6. The third-order valence-electron chi connectivity index (χ3n) is 7.13. The second kappa shape index (κ2) is 11.1. The van der Waals surface area contributed by atoms with Gasteiger partial charge in [-0.25, -0.2) is 4.98 Å². The molecule has 3 aromatic rings. The summed E-state index contributed by atoms with van der Waals surface area (Å²) in [6.45, 7) is 4.97. The van der Waals surface area contributed by atoms with Gasteiger partial charge in [0, 0.05) is 23.1 Å². The Labute approximate surface area is 236 Å². The normalized spacial score (nSPS) is 15.1. The summed E-state index contributed by atoms with van der Waals surface area (Å²) in [5.41, 5.74) is 2.98. The van der Waals surface area contributed by atoms with Crippen LogP contribution in [0.3, 0.4) is 0 Å². The van der Waals surface area contributed by atoms with Gasteiger partial charge in [-0.15, -0.1) is 0 Å². The highest BCUT2D eigenvalue weighted by molar-refractivity contribution is 5.96. The Morgan fingerprint density at radius 3 is 2.41 bits per heavy atom. The van der Waals surface area contributed by atoms with Crippen molar-refractivity contribution >= 4 is 5.78 Å². The Bertz CT molecular complexity index is 1500. The van der Waals surface area contributed by atoms with Crippen LogP contribution in [0.4, 0.5) is 13.2 Å². The molecule has 216 valence electrons. The first-order valence-electron chi connectivity index (χ1n) is 13.2. The Kier molecular flexibility index (Phi) is 8.16. The largest absolute Gasteiger partial charge is 0.493 e. The number of aryl methyl sites for hydroxylation is 1. The Balaban J connectivity index is 1.71. The molecule has 41 heavy (non-hydrogen) atoms. The molecule has 2 aromatic carbocycles. The number of nitrogens with two attached hydrogens (primary N) is 1. The molecule has 10 heteroatoms. The monoisotopic (exact) mass is 567 g/mol. The second-order valence-electron chi connectivity index (χ2n) is 11.0. The van der Waals surface area contributed by atoms with Crippen LogP contribution in [0.15, 0.2) is 48.5 Å². The molecule has 0 bridgehead atoms. The number of alkyl halides is 3. The van der Waals surface area contributed by atoms with Crippen molar-refractivity contribution in [2.24, 2.45) is 5.73 Å². The molecule has 0 saturated heterocycles. The number of halogens is 3. The summed E-state index contributed by atoms with van der Waals surface area (Å²) < 4.78 is 54.7. The van der Waals surface area contributed by atoms with E-state index in [2.05, 4.69) is 11.1 Å². The summed E-state index contributed by atoms with van der Waals surface area (Å²) in [6.07, 6.45) is -4.84. The fourth-order valence-corrected chi connectivity index (χ4v) is 4.32. The molecule has 0 radical (unpaired) electrons. The number of pyridine rings is 1. The van der Waals surface area contributed by atoms with Crippen molar-refractivity contribution in [1.29, 1.82) is 5.26 Å². The van der Waals surface area contributed by atoms with E-state index in [1.807, 2.05) is 0 Å². The van der Waals surface area contributed by atoms with Gasteiger partial charge >= 0.3 is 6.18 Å². The summed E-state index contributed by atoms with van der Waals surface area (Å²) in [5.74, 6) is 0.136. The van der Waals surface area contributed by atoms with Crippen LogP contribution in [0.5, 0.6) is 11.5 Å². The van der Waals surface area contributed by atoms with Gasteiger partial charge in [-0.2, -0.15) is 18.4 Å². The molecule has 1 unspecified atom stereocenters. The van der Waals surface area contributed by atoms with Gasteiger partial charge in [-0.1, -0.05) is 12.1 Å². The summed E-state index contributed by atoms with van der Waals surface area (Å²) in [4.78, 5) is 17.2. The summed E-state index contributed by atoms with van der Waals surface area (Å²) in [7, 11) is 1.41. The second-order valence-corrected chi connectivity index (χ2v) is 11.0. The molecule has 7 nitrogen and oxygen atoms in total. The number of hydrogen-bond acceptors (Lipinski definition) is 7. The van der Waals surface area contributed by atoms with E-state index in [-0.39, 0.29) is 17.4 Å².